The number of halogens is 2. The zero-order chi connectivity index (χ0) is 18.9. The van der Waals surface area contributed by atoms with Crippen LogP contribution in [0.1, 0.15) is 38.8 Å². The number of rotatable bonds is 8. The summed E-state index contributed by atoms with van der Waals surface area (Å²) in [6, 6.07) is 4.84. The summed E-state index contributed by atoms with van der Waals surface area (Å²) in [7, 11) is 0. The molecule has 5 nitrogen and oxygen atoms in total. The summed E-state index contributed by atoms with van der Waals surface area (Å²) in [6.07, 6.45) is 0.774. The van der Waals surface area contributed by atoms with Crippen LogP contribution in [0.3, 0.4) is 0 Å². The number of carbonyl (C=O) groups excluding carboxylic acids is 1. The molecule has 0 unspecified atom stereocenters. The van der Waals surface area contributed by atoms with Gasteiger partial charge in [-0.15, -0.1) is 24.0 Å². The summed E-state index contributed by atoms with van der Waals surface area (Å²) in [5.74, 6) is 0.466. The molecule has 148 valence electrons. The zero-order valence-corrected chi connectivity index (χ0v) is 18.7. The topological polar surface area (TPSA) is 65.5 Å². The second kappa shape index (κ2) is 12.1. The molecule has 0 fully saturated rings. The Balaban J connectivity index is 0.00000625. The molecule has 0 spiro atoms. The summed E-state index contributed by atoms with van der Waals surface area (Å²) < 4.78 is 13.2. The highest BCUT2D eigenvalue weighted by atomic mass is 127. The van der Waals surface area contributed by atoms with E-state index in [1.807, 2.05) is 40.7 Å². The lowest BCUT2D eigenvalue weighted by Crippen LogP contribution is -2.42. The summed E-state index contributed by atoms with van der Waals surface area (Å²) >= 11 is 0. The minimum Gasteiger partial charge on any atom is -0.357 e. The quantitative estimate of drug-likeness (QED) is 0.306. The Morgan fingerprint density at radius 1 is 1.15 bits per heavy atom. The molecule has 3 N–H and O–H groups in total. The Morgan fingerprint density at radius 2 is 1.81 bits per heavy atom. The van der Waals surface area contributed by atoms with Crippen molar-refractivity contribution < 1.29 is 9.18 Å². The Labute approximate surface area is 173 Å². The molecule has 0 atom stereocenters. The SMILES string of the molecule is CCNC(=O)C(C)(C)CN=C(NCC)NCCc1ccc(F)cc1C.I. The first-order chi connectivity index (χ1) is 11.8. The van der Waals surface area contributed by atoms with Gasteiger partial charge in [0.1, 0.15) is 5.82 Å². The molecular weight excluding hydrogens is 446 g/mol. The van der Waals surface area contributed by atoms with Gasteiger partial charge in [0.25, 0.3) is 0 Å². The molecule has 0 saturated carbocycles. The van der Waals surface area contributed by atoms with Crippen LogP contribution in [-0.2, 0) is 11.2 Å². The fraction of sp³-hybridized carbons (Fsp3) is 0.579. The van der Waals surface area contributed by atoms with Crippen LogP contribution in [0.4, 0.5) is 4.39 Å². The van der Waals surface area contributed by atoms with Crippen LogP contribution in [0, 0.1) is 18.2 Å². The lowest BCUT2D eigenvalue weighted by Gasteiger charge is -2.22. The maximum atomic E-state index is 13.2. The van der Waals surface area contributed by atoms with Gasteiger partial charge in [0, 0.05) is 19.6 Å². The lowest BCUT2D eigenvalue weighted by atomic mass is 9.92. The van der Waals surface area contributed by atoms with Crippen molar-refractivity contribution in [3.63, 3.8) is 0 Å². The first-order valence-electron chi connectivity index (χ1n) is 8.85. The van der Waals surface area contributed by atoms with E-state index in [0.717, 1.165) is 24.1 Å². The van der Waals surface area contributed by atoms with E-state index in [9.17, 15) is 9.18 Å². The van der Waals surface area contributed by atoms with E-state index >= 15 is 0 Å². The standard InChI is InChI=1S/C19H31FN4O.HI/c1-6-21-17(25)19(4,5)13-24-18(22-7-2)23-11-10-15-8-9-16(20)12-14(15)3;/h8-9,12H,6-7,10-11,13H2,1-5H3,(H,21,25)(H2,22,23,24);1H. The van der Waals surface area contributed by atoms with Crippen molar-refractivity contribution in [1.82, 2.24) is 16.0 Å². The van der Waals surface area contributed by atoms with Gasteiger partial charge in [-0.1, -0.05) is 6.07 Å². The number of nitrogens with one attached hydrogen (secondary N) is 3. The van der Waals surface area contributed by atoms with Crippen molar-refractivity contribution in [3.05, 3.63) is 35.1 Å². The average molecular weight is 478 g/mol. The smallest absolute Gasteiger partial charge is 0.227 e. The number of benzene rings is 1. The van der Waals surface area contributed by atoms with Gasteiger partial charge in [-0.25, -0.2) is 4.39 Å². The van der Waals surface area contributed by atoms with Gasteiger partial charge in [-0.05, 0) is 64.3 Å². The number of carbonyl (C=O) groups is 1. The molecule has 0 aliphatic heterocycles. The van der Waals surface area contributed by atoms with Crippen LogP contribution in [0.2, 0.25) is 0 Å². The molecule has 0 heterocycles. The van der Waals surface area contributed by atoms with Crippen LogP contribution in [0.15, 0.2) is 23.2 Å². The van der Waals surface area contributed by atoms with Crippen molar-refractivity contribution in [2.24, 2.45) is 10.4 Å². The maximum Gasteiger partial charge on any atom is 0.227 e. The number of guanidine groups is 1. The zero-order valence-electron chi connectivity index (χ0n) is 16.4. The number of amides is 1. The Bertz CT molecular complexity index is 605. The molecule has 1 rings (SSSR count). The summed E-state index contributed by atoms with van der Waals surface area (Å²) in [5.41, 5.74) is 1.49. The van der Waals surface area contributed by atoms with Crippen molar-refractivity contribution in [2.45, 2.75) is 41.0 Å². The van der Waals surface area contributed by atoms with E-state index in [-0.39, 0.29) is 35.7 Å². The maximum absolute atomic E-state index is 13.2. The van der Waals surface area contributed by atoms with E-state index in [2.05, 4.69) is 20.9 Å². The van der Waals surface area contributed by atoms with Gasteiger partial charge >= 0.3 is 0 Å². The second-order valence-electron chi connectivity index (χ2n) is 6.69. The Morgan fingerprint density at radius 3 is 2.38 bits per heavy atom. The van der Waals surface area contributed by atoms with E-state index in [1.165, 1.54) is 6.07 Å². The van der Waals surface area contributed by atoms with Crippen molar-refractivity contribution in [2.75, 3.05) is 26.2 Å². The van der Waals surface area contributed by atoms with Crippen LogP contribution >= 0.6 is 24.0 Å². The normalized spacial score (nSPS) is 11.5. The number of hydrogen-bond acceptors (Lipinski definition) is 2. The highest BCUT2D eigenvalue weighted by molar-refractivity contribution is 14.0. The summed E-state index contributed by atoms with van der Waals surface area (Å²) in [5, 5.41) is 9.29. The van der Waals surface area contributed by atoms with Crippen molar-refractivity contribution in [1.29, 1.82) is 0 Å². The molecule has 0 saturated heterocycles. The predicted octanol–water partition coefficient (Wildman–Crippen LogP) is 3.01. The number of hydrogen-bond donors (Lipinski definition) is 3. The molecule has 0 aromatic heterocycles. The Kier molecular flexibility index (Phi) is 11.4. The van der Waals surface area contributed by atoms with Crippen LogP contribution in [-0.4, -0.2) is 38.0 Å². The molecule has 0 bridgehead atoms. The van der Waals surface area contributed by atoms with Gasteiger partial charge in [-0.3, -0.25) is 9.79 Å². The Hall–Kier alpha value is -1.38. The predicted molar refractivity (Wildman–Crippen MR) is 117 cm³/mol. The molecule has 0 radical (unpaired) electrons. The van der Waals surface area contributed by atoms with Gasteiger partial charge in [0.15, 0.2) is 5.96 Å². The highest BCUT2D eigenvalue weighted by Gasteiger charge is 2.26. The fourth-order valence-electron chi connectivity index (χ4n) is 2.35. The third-order valence-electron chi connectivity index (χ3n) is 3.92. The molecule has 0 aliphatic rings. The summed E-state index contributed by atoms with van der Waals surface area (Å²) in [6.45, 7) is 12.0. The van der Waals surface area contributed by atoms with Gasteiger partial charge in [0.2, 0.25) is 5.91 Å². The van der Waals surface area contributed by atoms with Crippen LogP contribution in [0.5, 0.6) is 0 Å². The molecular formula is C19H32FIN4O. The molecule has 26 heavy (non-hydrogen) atoms. The van der Waals surface area contributed by atoms with Crippen LogP contribution < -0.4 is 16.0 Å². The number of nitrogens with zero attached hydrogens (tertiary/aromatic N) is 1. The van der Waals surface area contributed by atoms with Gasteiger partial charge in [0.05, 0.1) is 12.0 Å². The summed E-state index contributed by atoms with van der Waals surface area (Å²) in [4.78, 5) is 16.6. The lowest BCUT2D eigenvalue weighted by molar-refractivity contribution is -0.128. The van der Waals surface area contributed by atoms with E-state index in [1.54, 1.807) is 6.07 Å². The van der Waals surface area contributed by atoms with E-state index in [0.29, 0.717) is 25.6 Å². The number of aliphatic imine (C=N–C) groups is 1. The molecule has 7 heteroatoms. The average Bonchev–Trinajstić information content (AvgIpc) is 2.55. The third kappa shape index (κ3) is 8.33. The fourth-order valence-corrected chi connectivity index (χ4v) is 2.35. The third-order valence-corrected chi connectivity index (χ3v) is 3.92. The van der Waals surface area contributed by atoms with Gasteiger partial charge in [-0.2, -0.15) is 0 Å². The minimum absolute atomic E-state index is 0. The highest BCUT2D eigenvalue weighted by Crippen LogP contribution is 2.15. The first-order valence-corrected chi connectivity index (χ1v) is 8.85. The first kappa shape index (κ1) is 24.6. The van der Waals surface area contributed by atoms with E-state index in [4.69, 9.17) is 0 Å². The van der Waals surface area contributed by atoms with Gasteiger partial charge < -0.3 is 16.0 Å². The van der Waals surface area contributed by atoms with Crippen molar-refractivity contribution in [3.8, 4) is 0 Å². The second-order valence-corrected chi connectivity index (χ2v) is 6.69. The molecule has 1 aromatic carbocycles. The molecule has 1 amide bonds. The van der Waals surface area contributed by atoms with Crippen LogP contribution in [0.25, 0.3) is 0 Å². The molecule has 0 aliphatic carbocycles. The van der Waals surface area contributed by atoms with Crippen molar-refractivity contribution >= 4 is 35.8 Å². The largest absolute Gasteiger partial charge is 0.357 e. The van der Waals surface area contributed by atoms with E-state index < -0.39 is 5.41 Å². The monoisotopic (exact) mass is 478 g/mol. The number of aryl methyl sites for hydroxylation is 1. The molecule has 1 aromatic rings. The minimum atomic E-state index is -0.564.